The van der Waals surface area contributed by atoms with Gasteiger partial charge in [0.05, 0.1) is 18.7 Å². The molecule has 0 saturated heterocycles. The minimum atomic E-state index is -0.00676. The Bertz CT molecular complexity index is 209. The van der Waals surface area contributed by atoms with Crippen molar-refractivity contribution in [1.82, 2.24) is 9.59 Å². The fourth-order valence-electron chi connectivity index (χ4n) is 0.535. The predicted octanol–water partition coefficient (Wildman–Crippen LogP) is -0.392. The van der Waals surface area contributed by atoms with Crippen LogP contribution >= 0.6 is 11.5 Å². The van der Waals surface area contributed by atoms with Gasteiger partial charge in [-0.25, -0.2) is 0 Å². The highest BCUT2D eigenvalue weighted by Gasteiger charge is 2.02. The summed E-state index contributed by atoms with van der Waals surface area (Å²) in [6.45, 7) is 0.0809. The van der Waals surface area contributed by atoms with Crippen molar-refractivity contribution in [1.29, 1.82) is 0 Å². The van der Waals surface area contributed by atoms with Crippen LogP contribution < -0.4 is 5.73 Å². The summed E-state index contributed by atoms with van der Waals surface area (Å²) in [5.41, 5.74) is 5.80. The molecule has 0 aliphatic carbocycles. The van der Waals surface area contributed by atoms with E-state index in [0.717, 1.165) is 0 Å². The molecule has 4 nitrogen and oxygen atoms in total. The lowest BCUT2D eigenvalue weighted by atomic mass is 10.2. The summed E-state index contributed by atoms with van der Waals surface area (Å²) in [4.78, 5) is 10.7. The van der Waals surface area contributed by atoms with Gasteiger partial charge in [-0.2, -0.15) is 0 Å². The molecule has 0 unspecified atom stereocenters. The number of ketones is 1. The summed E-state index contributed by atoms with van der Waals surface area (Å²) in [6.07, 6.45) is 0.312. The molecule has 0 atom stereocenters. The Hall–Kier alpha value is -0.810. The van der Waals surface area contributed by atoms with Gasteiger partial charge in [0.1, 0.15) is 0 Å². The number of nitrogens with zero attached hydrogens (tertiary/aromatic N) is 2. The Morgan fingerprint density at radius 3 is 3.10 bits per heavy atom. The minimum Gasteiger partial charge on any atom is -0.324 e. The van der Waals surface area contributed by atoms with Crippen LogP contribution in [0.15, 0.2) is 5.38 Å². The smallest absolute Gasteiger partial charge is 0.152 e. The molecule has 1 heterocycles. The average molecular weight is 157 g/mol. The van der Waals surface area contributed by atoms with Gasteiger partial charge in [0.2, 0.25) is 0 Å². The molecule has 0 aliphatic heterocycles. The second kappa shape index (κ2) is 3.38. The van der Waals surface area contributed by atoms with Gasteiger partial charge in [0, 0.05) is 5.38 Å². The molecule has 0 aromatic carbocycles. The number of carbonyl (C=O) groups is 1. The van der Waals surface area contributed by atoms with Crippen molar-refractivity contribution in [3.63, 3.8) is 0 Å². The van der Waals surface area contributed by atoms with Gasteiger partial charge in [0.25, 0.3) is 0 Å². The fraction of sp³-hybridized carbons (Fsp3) is 0.400. The second-order valence-electron chi connectivity index (χ2n) is 1.82. The lowest BCUT2D eigenvalue weighted by molar-refractivity contribution is -0.117. The van der Waals surface area contributed by atoms with E-state index in [2.05, 4.69) is 9.59 Å². The third-order valence-electron chi connectivity index (χ3n) is 1.01. The number of aromatic nitrogens is 2. The number of Topliss-reactive ketones (excluding diaryl/α,β-unsaturated/α-hetero) is 1. The Balaban J connectivity index is 2.48. The summed E-state index contributed by atoms with van der Waals surface area (Å²) in [5.74, 6) is -0.00676. The van der Waals surface area contributed by atoms with Gasteiger partial charge in [-0.3, -0.25) is 4.79 Å². The van der Waals surface area contributed by atoms with Gasteiger partial charge < -0.3 is 5.73 Å². The first-order chi connectivity index (χ1) is 4.83. The van der Waals surface area contributed by atoms with Gasteiger partial charge in [-0.1, -0.05) is 4.49 Å². The van der Waals surface area contributed by atoms with Gasteiger partial charge >= 0.3 is 0 Å². The zero-order chi connectivity index (χ0) is 7.40. The Kier molecular flexibility index (Phi) is 2.47. The molecule has 5 heteroatoms. The highest BCUT2D eigenvalue weighted by Crippen LogP contribution is 1.97. The molecule has 0 spiro atoms. The number of hydrogen-bond donors (Lipinski definition) is 1. The zero-order valence-corrected chi connectivity index (χ0v) is 6.10. The van der Waals surface area contributed by atoms with Crippen molar-refractivity contribution in [3.05, 3.63) is 11.1 Å². The molecule has 0 aliphatic rings. The van der Waals surface area contributed by atoms with Crippen molar-refractivity contribution in [3.8, 4) is 0 Å². The zero-order valence-electron chi connectivity index (χ0n) is 5.28. The highest BCUT2D eigenvalue weighted by molar-refractivity contribution is 7.03. The van der Waals surface area contributed by atoms with Gasteiger partial charge in [-0.15, -0.1) is 5.10 Å². The van der Waals surface area contributed by atoms with E-state index in [1.807, 2.05) is 0 Å². The lowest BCUT2D eigenvalue weighted by Gasteiger charge is -1.89. The molecule has 0 radical (unpaired) electrons. The Morgan fingerprint density at radius 1 is 1.80 bits per heavy atom. The molecule has 54 valence electrons. The maximum absolute atomic E-state index is 10.7. The highest BCUT2D eigenvalue weighted by atomic mass is 32.1. The average Bonchev–Trinajstić information content (AvgIpc) is 2.40. The Labute approximate surface area is 62.2 Å². The number of carbonyl (C=O) groups excluding carboxylic acids is 1. The van der Waals surface area contributed by atoms with E-state index in [-0.39, 0.29) is 12.3 Å². The third-order valence-corrected chi connectivity index (χ3v) is 1.56. The Morgan fingerprint density at radius 2 is 2.60 bits per heavy atom. The summed E-state index contributed by atoms with van der Waals surface area (Å²) < 4.78 is 3.61. The quantitative estimate of drug-likeness (QED) is 0.648. The summed E-state index contributed by atoms with van der Waals surface area (Å²) in [6, 6.07) is 0. The molecule has 0 saturated carbocycles. The number of hydrogen-bond acceptors (Lipinski definition) is 5. The molecule has 0 bridgehead atoms. The minimum absolute atomic E-state index is 0.00676. The van der Waals surface area contributed by atoms with Crippen molar-refractivity contribution in [2.45, 2.75) is 6.42 Å². The standard InChI is InChI=1S/C5H7N3OS/c6-2-5(9)1-4-3-10-8-7-4/h3H,1-2,6H2. The number of nitrogens with two attached hydrogens (primary N) is 1. The van der Waals surface area contributed by atoms with E-state index in [1.54, 1.807) is 5.38 Å². The maximum Gasteiger partial charge on any atom is 0.152 e. The summed E-state index contributed by atoms with van der Waals surface area (Å²) in [7, 11) is 0. The number of rotatable bonds is 3. The van der Waals surface area contributed by atoms with Crippen LogP contribution in [0.4, 0.5) is 0 Å². The van der Waals surface area contributed by atoms with Crippen LogP contribution in [0.2, 0.25) is 0 Å². The monoisotopic (exact) mass is 157 g/mol. The molecule has 2 N–H and O–H groups in total. The first-order valence-electron chi connectivity index (χ1n) is 2.80. The van der Waals surface area contributed by atoms with E-state index in [0.29, 0.717) is 12.1 Å². The maximum atomic E-state index is 10.7. The molecular weight excluding hydrogens is 150 g/mol. The van der Waals surface area contributed by atoms with Gasteiger partial charge in [-0.05, 0) is 11.5 Å². The van der Waals surface area contributed by atoms with Crippen LogP contribution in [0.25, 0.3) is 0 Å². The van der Waals surface area contributed by atoms with Crippen LogP contribution in [0.3, 0.4) is 0 Å². The van der Waals surface area contributed by atoms with Crippen molar-refractivity contribution in [2.75, 3.05) is 6.54 Å². The largest absolute Gasteiger partial charge is 0.324 e. The lowest BCUT2D eigenvalue weighted by Crippen LogP contribution is -2.15. The van der Waals surface area contributed by atoms with Crippen molar-refractivity contribution >= 4 is 17.3 Å². The van der Waals surface area contributed by atoms with Gasteiger partial charge in [0.15, 0.2) is 5.78 Å². The molecule has 10 heavy (non-hydrogen) atoms. The molecule has 0 amide bonds. The molecule has 1 aromatic heterocycles. The van der Waals surface area contributed by atoms with Crippen LogP contribution in [0.5, 0.6) is 0 Å². The van der Waals surface area contributed by atoms with E-state index in [9.17, 15) is 4.79 Å². The fourth-order valence-corrected chi connectivity index (χ4v) is 0.986. The molecule has 0 fully saturated rings. The first kappa shape index (κ1) is 7.30. The van der Waals surface area contributed by atoms with E-state index >= 15 is 0 Å². The van der Waals surface area contributed by atoms with Crippen LogP contribution in [0.1, 0.15) is 5.69 Å². The molecule has 1 rings (SSSR count). The van der Waals surface area contributed by atoms with E-state index in [4.69, 9.17) is 5.73 Å². The van der Waals surface area contributed by atoms with Crippen LogP contribution in [-0.4, -0.2) is 21.9 Å². The molecule has 1 aromatic rings. The predicted molar refractivity (Wildman–Crippen MR) is 37.7 cm³/mol. The van der Waals surface area contributed by atoms with Crippen molar-refractivity contribution in [2.24, 2.45) is 5.73 Å². The molecular formula is C5H7N3OS. The summed E-state index contributed by atoms with van der Waals surface area (Å²) in [5, 5.41) is 5.44. The topological polar surface area (TPSA) is 68.9 Å². The van der Waals surface area contributed by atoms with Crippen LogP contribution in [-0.2, 0) is 11.2 Å². The third kappa shape index (κ3) is 1.85. The van der Waals surface area contributed by atoms with E-state index in [1.165, 1.54) is 11.5 Å². The first-order valence-corrected chi connectivity index (χ1v) is 3.64. The SMILES string of the molecule is NCC(=O)Cc1csnn1. The second-order valence-corrected chi connectivity index (χ2v) is 2.43. The van der Waals surface area contributed by atoms with Crippen molar-refractivity contribution < 1.29 is 4.79 Å². The summed E-state index contributed by atoms with van der Waals surface area (Å²) >= 11 is 1.24. The van der Waals surface area contributed by atoms with E-state index < -0.39 is 0 Å². The van der Waals surface area contributed by atoms with Crippen LogP contribution in [0, 0.1) is 0 Å². The normalized spacial score (nSPS) is 9.70.